The molecule has 2 N–H and O–H groups in total. The summed E-state index contributed by atoms with van der Waals surface area (Å²) in [7, 11) is -1.02. The number of rotatable bonds is 8. The highest BCUT2D eigenvalue weighted by molar-refractivity contribution is 6.62. The third-order valence-corrected chi connectivity index (χ3v) is 5.27. The average Bonchev–Trinajstić information content (AvgIpc) is 3.12. The van der Waals surface area contributed by atoms with Gasteiger partial charge >= 0.3 is 13.1 Å². The van der Waals surface area contributed by atoms with Crippen molar-refractivity contribution in [2.75, 3.05) is 0 Å². The molecule has 0 bridgehead atoms. The lowest BCUT2D eigenvalue weighted by molar-refractivity contribution is -0.148. The van der Waals surface area contributed by atoms with Crippen LogP contribution < -0.4 is 10.8 Å². The Hall–Kier alpha value is -2.64. The van der Waals surface area contributed by atoms with Crippen molar-refractivity contribution in [1.29, 1.82) is 0 Å². The summed E-state index contributed by atoms with van der Waals surface area (Å²) in [5, 5.41) is 13.0. The maximum absolute atomic E-state index is 13.1. The fourth-order valence-electron chi connectivity index (χ4n) is 3.67. The van der Waals surface area contributed by atoms with Crippen LogP contribution >= 0.6 is 0 Å². The van der Waals surface area contributed by atoms with E-state index in [1.54, 1.807) is 12.1 Å². The Labute approximate surface area is 177 Å². The number of hydrogen-bond acceptors (Lipinski definition) is 5. The normalized spacial score (nSPS) is 13.8. The van der Waals surface area contributed by atoms with E-state index in [9.17, 15) is 14.6 Å². The van der Waals surface area contributed by atoms with Crippen molar-refractivity contribution in [1.82, 2.24) is 5.32 Å². The van der Waals surface area contributed by atoms with Crippen molar-refractivity contribution in [2.24, 2.45) is 5.92 Å². The quantitative estimate of drug-likeness (QED) is 0.517. The molecule has 1 heterocycles. The van der Waals surface area contributed by atoms with E-state index in [1.165, 1.54) is 0 Å². The minimum Gasteiger partial charge on any atom is -0.459 e. The summed E-state index contributed by atoms with van der Waals surface area (Å²) >= 11 is 0. The fraction of sp³-hybridized carbons (Fsp3) is 0.391. The van der Waals surface area contributed by atoms with E-state index in [2.05, 4.69) is 5.32 Å². The standard InChI is InChI=1S/C23H28BNO5/c1-4-8-18-19(12-11-17-14-30-24(28)20(17)18)22(26)25-21(15(2)3)23(27)29-13-16-9-6-5-7-10-16/h5-7,9-12,15,21,28H,4,8,13-14H2,1-3H3,(H,25,26)/t21-/m0/s1. The smallest absolute Gasteiger partial charge is 0.459 e. The molecule has 0 aromatic heterocycles. The molecular weight excluding hydrogens is 381 g/mol. The SMILES string of the molecule is CCCc1c(C(=O)N[C@H](C(=O)OCc2ccccc2)C(C)C)ccc2c1B(O)OC2. The number of carbonyl (C=O) groups excluding carboxylic acids is 2. The number of hydrogen-bond donors (Lipinski definition) is 2. The van der Waals surface area contributed by atoms with Gasteiger partial charge in [0.15, 0.2) is 0 Å². The molecule has 0 saturated heterocycles. The van der Waals surface area contributed by atoms with Crippen LogP contribution in [0.2, 0.25) is 0 Å². The molecule has 0 radical (unpaired) electrons. The Morgan fingerprint density at radius 1 is 1.20 bits per heavy atom. The maximum Gasteiger partial charge on any atom is 0.492 e. The molecule has 2 aromatic carbocycles. The Kier molecular flexibility index (Phi) is 7.29. The van der Waals surface area contributed by atoms with Gasteiger partial charge in [-0.1, -0.05) is 63.6 Å². The van der Waals surface area contributed by atoms with Gasteiger partial charge in [-0.25, -0.2) is 4.79 Å². The molecule has 2 aromatic rings. The number of ether oxygens (including phenoxy) is 1. The van der Waals surface area contributed by atoms with Gasteiger partial charge in [0.2, 0.25) is 0 Å². The second kappa shape index (κ2) is 9.91. The van der Waals surface area contributed by atoms with E-state index in [0.717, 1.165) is 23.1 Å². The number of benzene rings is 2. The summed E-state index contributed by atoms with van der Waals surface area (Å²) in [4.78, 5) is 25.8. The van der Waals surface area contributed by atoms with E-state index < -0.39 is 19.1 Å². The number of fused-ring (bicyclic) bond motifs is 1. The van der Waals surface area contributed by atoms with Crippen LogP contribution in [0.4, 0.5) is 0 Å². The largest absolute Gasteiger partial charge is 0.492 e. The van der Waals surface area contributed by atoms with Crippen molar-refractivity contribution in [3.05, 3.63) is 64.7 Å². The zero-order valence-electron chi connectivity index (χ0n) is 17.7. The molecule has 1 aliphatic rings. The molecule has 30 heavy (non-hydrogen) atoms. The maximum atomic E-state index is 13.1. The van der Waals surface area contributed by atoms with Gasteiger partial charge in [0.1, 0.15) is 12.6 Å². The van der Waals surface area contributed by atoms with Crippen LogP contribution in [-0.2, 0) is 33.8 Å². The Balaban J connectivity index is 1.77. The number of carbonyl (C=O) groups is 2. The highest BCUT2D eigenvalue weighted by atomic mass is 16.5. The first-order chi connectivity index (χ1) is 14.4. The molecule has 1 atom stereocenters. The third-order valence-electron chi connectivity index (χ3n) is 5.27. The first-order valence-electron chi connectivity index (χ1n) is 10.4. The lowest BCUT2D eigenvalue weighted by atomic mass is 9.73. The van der Waals surface area contributed by atoms with E-state index in [0.29, 0.717) is 24.1 Å². The topological polar surface area (TPSA) is 84.9 Å². The summed E-state index contributed by atoms with van der Waals surface area (Å²) < 4.78 is 10.8. The summed E-state index contributed by atoms with van der Waals surface area (Å²) in [5.74, 6) is -0.963. The summed E-state index contributed by atoms with van der Waals surface area (Å²) in [6, 6.07) is 12.2. The van der Waals surface area contributed by atoms with Crippen LogP contribution in [0.15, 0.2) is 42.5 Å². The molecule has 0 saturated carbocycles. The van der Waals surface area contributed by atoms with Crippen LogP contribution in [0.3, 0.4) is 0 Å². The number of esters is 1. The third kappa shape index (κ3) is 4.91. The van der Waals surface area contributed by atoms with Gasteiger partial charge < -0.3 is 19.7 Å². The van der Waals surface area contributed by atoms with Crippen molar-refractivity contribution in [3.63, 3.8) is 0 Å². The summed E-state index contributed by atoms with van der Waals surface area (Å²) in [6.45, 7) is 6.23. The van der Waals surface area contributed by atoms with Crippen LogP contribution in [0.5, 0.6) is 0 Å². The highest BCUT2D eigenvalue weighted by Crippen LogP contribution is 2.19. The Morgan fingerprint density at radius 3 is 2.60 bits per heavy atom. The van der Waals surface area contributed by atoms with Crippen LogP contribution in [0.1, 0.15) is 54.2 Å². The van der Waals surface area contributed by atoms with Crippen LogP contribution in [0.25, 0.3) is 0 Å². The molecule has 1 aliphatic heterocycles. The van der Waals surface area contributed by atoms with Crippen LogP contribution in [-0.4, -0.2) is 30.1 Å². The molecule has 0 spiro atoms. The van der Waals surface area contributed by atoms with Crippen molar-refractivity contribution in [3.8, 4) is 0 Å². The zero-order valence-corrected chi connectivity index (χ0v) is 17.7. The van der Waals surface area contributed by atoms with Crippen molar-refractivity contribution in [2.45, 2.75) is 52.9 Å². The van der Waals surface area contributed by atoms with E-state index in [1.807, 2.05) is 51.1 Å². The lowest BCUT2D eigenvalue weighted by Gasteiger charge is -2.22. The Bertz CT molecular complexity index is 900. The monoisotopic (exact) mass is 409 g/mol. The zero-order chi connectivity index (χ0) is 21.7. The molecule has 0 fully saturated rings. The minimum atomic E-state index is -1.02. The first-order valence-corrected chi connectivity index (χ1v) is 10.4. The van der Waals surface area contributed by atoms with Crippen molar-refractivity contribution >= 4 is 24.5 Å². The molecule has 0 aliphatic carbocycles. The number of nitrogens with one attached hydrogen (secondary N) is 1. The van der Waals surface area contributed by atoms with Crippen molar-refractivity contribution < 1.29 is 24.0 Å². The van der Waals surface area contributed by atoms with Gasteiger partial charge in [0.25, 0.3) is 5.91 Å². The van der Waals surface area contributed by atoms with E-state index in [-0.39, 0.29) is 18.4 Å². The molecule has 0 unspecified atom stereocenters. The molecule has 1 amide bonds. The molecular formula is C23H28BNO5. The first kappa shape index (κ1) is 22.1. The van der Waals surface area contributed by atoms with Crippen LogP contribution in [0, 0.1) is 5.92 Å². The van der Waals surface area contributed by atoms with Gasteiger partial charge in [-0.2, -0.15) is 0 Å². The Morgan fingerprint density at radius 2 is 1.93 bits per heavy atom. The van der Waals surface area contributed by atoms with Gasteiger partial charge in [0.05, 0.1) is 6.61 Å². The van der Waals surface area contributed by atoms with Gasteiger partial charge in [-0.3, -0.25) is 4.79 Å². The van der Waals surface area contributed by atoms with Gasteiger partial charge in [-0.15, -0.1) is 0 Å². The summed E-state index contributed by atoms with van der Waals surface area (Å²) in [6.07, 6.45) is 1.45. The van der Waals surface area contributed by atoms with Gasteiger partial charge in [0, 0.05) is 5.56 Å². The minimum absolute atomic E-state index is 0.143. The predicted octanol–water partition coefficient (Wildman–Crippen LogP) is 2.35. The molecule has 158 valence electrons. The average molecular weight is 409 g/mol. The number of amides is 1. The second-order valence-electron chi connectivity index (χ2n) is 7.87. The molecule has 3 rings (SSSR count). The molecule has 7 heteroatoms. The highest BCUT2D eigenvalue weighted by Gasteiger charge is 2.33. The molecule has 6 nitrogen and oxygen atoms in total. The predicted molar refractivity (Wildman–Crippen MR) is 115 cm³/mol. The van der Waals surface area contributed by atoms with E-state index in [4.69, 9.17) is 9.39 Å². The lowest BCUT2D eigenvalue weighted by Crippen LogP contribution is -2.46. The second-order valence-corrected chi connectivity index (χ2v) is 7.87. The van der Waals surface area contributed by atoms with Gasteiger partial charge in [-0.05, 0) is 40.6 Å². The fourth-order valence-corrected chi connectivity index (χ4v) is 3.67. The summed E-state index contributed by atoms with van der Waals surface area (Å²) in [5.41, 5.74) is 3.69. The van der Waals surface area contributed by atoms with E-state index >= 15 is 0 Å².